The van der Waals surface area contributed by atoms with Crippen molar-refractivity contribution in [2.24, 2.45) is 5.92 Å². The van der Waals surface area contributed by atoms with Crippen LogP contribution in [0.5, 0.6) is 0 Å². The van der Waals surface area contributed by atoms with Gasteiger partial charge in [-0.2, -0.15) is 0 Å². The number of carbonyl (C=O) groups excluding carboxylic acids is 1. The van der Waals surface area contributed by atoms with E-state index < -0.39 is 0 Å². The number of rotatable bonds is 3. The molecule has 2 aromatic rings. The van der Waals surface area contributed by atoms with Crippen LogP contribution in [-0.2, 0) is 0 Å². The molecule has 1 saturated heterocycles. The first kappa shape index (κ1) is 12.8. The molecule has 1 aromatic heterocycles. The molecule has 4 rings (SSSR count). The summed E-state index contributed by atoms with van der Waals surface area (Å²) in [6.45, 7) is 1.11. The molecule has 5 nitrogen and oxygen atoms in total. The van der Waals surface area contributed by atoms with E-state index in [4.69, 9.17) is 0 Å². The van der Waals surface area contributed by atoms with Crippen LogP contribution in [0.15, 0.2) is 30.5 Å². The van der Waals surface area contributed by atoms with Crippen molar-refractivity contribution in [3.05, 3.63) is 35.3 Å². The van der Waals surface area contributed by atoms with Gasteiger partial charge >= 0.3 is 0 Å². The summed E-state index contributed by atoms with van der Waals surface area (Å²) in [5.74, 6) is 0.686. The second kappa shape index (κ2) is 5.11. The molecule has 1 aromatic carbocycles. The molecule has 0 spiro atoms. The largest absolute Gasteiger partial charge is 0.367 e. The van der Waals surface area contributed by atoms with Gasteiger partial charge in [-0.3, -0.25) is 4.79 Å². The zero-order valence-electron chi connectivity index (χ0n) is 11.5. The molecule has 1 aliphatic heterocycles. The van der Waals surface area contributed by atoms with E-state index in [0.29, 0.717) is 10.9 Å². The molecule has 0 radical (unpaired) electrons. The normalized spacial score (nSPS) is 23.5. The van der Waals surface area contributed by atoms with Gasteiger partial charge in [0.2, 0.25) is 0 Å². The van der Waals surface area contributed by atoms with E-state index in [1.807, 2.05) is 18.2 Å². The van der Waals surface area contributed by atoms with Gasteiger partial charge in [-0.25, -0.2) is 0 Å². The Labute approximate surface area is 127 Å². The minimum absolute atomic E-state index is 0.137. The average molecular weight is 300 g/mol. The second-order valence-electron chi connectivity index (χ2n) is 5.74. The molecular weight excluding hydrogens is 284 g/mol. The van der Waals surface area contributed by atoms with Crippen molar-refractivity contribution < 1.29 is 4.79 Å². The third-order valence-electron chi connectivity index (χ3n) is 4.46. The molecule has 1 N–H and O–H groups in total. The lowest BCUT2D eigenvalue weighted by Gasteiger charge is -2.30. The summed E-state index contributed by atoms with van der Waals surface area (Å²) in [6.07, 6.45) is 5.41. The highest BCUT2D eigenvalue weighted by molar-refractivity contribution is 7.07. The van der Waals surface area contributed by atoms with Crippen LogP contribution in [0.3, 0.4) is 0 Å². The smallest absolute Gasteiger partial charge is 0.269 e. The Hall–Kier alpha value is -1.95. The van der Waals surface area contributed by atoms with Crippen LogP contribution < -0.4 is 10.2 Å². The first-order valence-corrected chi connectivity index (χ1v) is 8.03. The van der Waals surface area contributed by atoms with Crippen molar-refractivity contribution in [1.82, 2.24) is 9.59 Å². The van der Waals surface area contributed by atoms with Crippen LogP contribution in [-0.4, -0.2) is 28.1 Å². The SMILES string of the molecule is O=C(Nc1ccccc1N1CC2CCC1C2)c1cnns1. The Balaban J connectivity index is 1.60. The maximum atomic E-state index is 12.2. The number of piperidine rings is 1. The van der Waals surface area contributed by atoms with E-state index in [9.17, 15) is 4.79 Å². The molecule has 2 atom stereocenters. The van der Waals surface area contributed by atoms with Crippen LogP contribution in [0.25, 0.3) is 0 Å². The lowest BCUT2D eigenvalue weighted by atomic mass is 10.1. The Morgan fingerprint density at radius 1 is 1.33 bits per heavy atom. The van der Waals surface area contributed by atoms with Crippen LogP contribution in [0.1, 0.15) is 28.9 Å². The van der Waals surface area contributed by atoms with Crippen molar-refractivity contribution in [2.45, 2.75) is 25.3 Å². The highest BCUT2D eigenvalue weighted by Gasteiger charge is 2.38. The van der Waals surface area contributed by atoms with Gasteiger partial charge in [0.25, 0.3) is 5.91 Å². The van der Waals surface area contributed by atoms with Crippen molar-refractivity contribution >= 4 is 28.8 Å². The Kier molecular flexibility index (Phi) is 3.11. The third-order valence-corrected chi connectivity index (χ3v) is 5.12. The highest BCUT2D eigenvalue weighted by Crippen LogP contribution is 2.42. The number of nitrogens with zero attached hydrogens (tertiary/aromatic N) is 3. The number of amides is 1. The Bertz CT molecular complexity index is 657. The summed E-state index contributed by atoms with van der Waals surface area (Å²) in [5, 5.41) is 6.71. The monoisotopic (exact) mass is 300 g/mol. The quantitative estimate of drug-likeness (QED) is 0.947. The third kappa shape index (κ3) is 2.29. The molecule has 1 saturated carbocycles. The number of nitrogens with one attached hydrogen (secondary N) is 1. The van der Waals surface area contributed by atoms with E-state index in [2.05, 4.69) is 25.9 Å². The highest BCUT2D eigenvalue weighted by atomic mass is 32.1. The zero-order chi connectivity index (χ0) is 14.2. The van der Waals surface area contributed by atoms with Gasteiger partial charge in [-0.15, -0.1) is 5.10 Å². The van der Waals surface area contributed by atoms with E-state index in [0.717, 1.165) is 35.4 Å². The number of anilines is 2. The molecule has 2 heterocycles. The molecule has 2 aliphatic rings. The fraction of sp³-hybridized carbons (Fsp3) is 0.400. The summed E-state index contributed by atoms with van der Waals surface area (Å²) < 4.78 is 3.74. The molecule has 1 amide bonds. The summed E-state index contributed by atoms with van der Waals surface area (Å²) in [7, 11) is 0. The summed E-state index contributed by atoms with van der Waals surface area (Å²) in [6, 6.07) is 8.69. The fourth-order valence-electron chi connectivity index (χ4n) is 3.50. The van der Waals surface area contributed by atoms with E-state index in [1.165, 1.54) is 25.5 Å². The van der Waals surface area contributed by atoms with Crippen LogP contribution in [0.2, 0.25) is 0 Å². The predicted octanol–water partition coefficient (Wildman–Crippen LogP) is 2.78. The summed E-state index contributed by atoms with van der Waals surface area (Å²) in [4.78, 5) is 15.2. The van der Waals surface area contributed by atoms with Gasteiger partial charge in [-0.05, 0) is 48.8 Å². The molecular formula is C15H16N4OS. The summed E-state index contributed by atoms with van der Waals surface area (Å²) in [5.41, 5.74) is 2.01. The number of hydrogen-bond acceptors (Lipinski definition) is 5. The van der Waals surface area contributed by atoms with Gasteiger partial charge in [0.05, 0.1) is 17.6 Å². The average Bonchev–Trinajstić information content (AvgIpc) is 3.25. The molecule has 6 heteroatoms. The first-order valence-electron chi connectivity index (χ1n) is 7.25. The molecule has 21 heavy (non-hydrogen) atoms. The van der Waals surface area contributed by atoms with Crippen molar-refractivity contribution in [3.8, 4) is 0 Å². The minimum Gasteiger partial charge on any atom is -0.367 e. The molecule has 2 unspecified atom stereocenters. The van der Waals surface area contributed by atoms with E-state index in [-0.39, 0.29) is 5.91 Å². The molecule has 1 aliphatic carbocycles. The van der Waals surface area contributed by atoms with Crippen LogP contribution in [0, 0.1) is 5.92 Å². The van der Waals surface area contributed by atoms with E-state index in [1.54, 1.807) is 0 Å². The summed E-state index contributed by atoms with van der Waals surface area (Å²) >= 11 is 1.11. The van der Waals surface area contributed by atoms with Crippen molar-refractivity contribution in [3.63, 3.8) is 0 Å². The first-order chi connectivity index (χ1) is 10.3. The molecule has 2 bridgehead atoms. The fourth-order valence-corrected chi connectivity index (χ4v) is 3.91. The van der Waals surface area contributed by atoms with Crippen LogP contribution >= 0.6 is 11.5 Å². The number of carbonyl (C=O) groups is 1. The van der Waals surface area contributed by atoms with Gasteiger partial charge in [-0.1, -0.05) is 16.6 Å². The van der Waals surface area contributed by atoms with Gasteiger partial charge in [0.15, 0.2) is 0 Å². The maximum Gasteiger partial charge on any atom is 0.269 e. The van der Waals surface area contributed by atoms with E-state index >= 15 is 0 Å². The number of benzene rings is 1. The standard InChI is InChI=1S/C15H16N4OS/c20-15(14-8-16-18-21-14)17-12-3-1-2-4-13(12)19-9-10-5-6-11(19)7-10/h1-4,8,10-11H,5-7,9H2,(H,17,20). The zero-order valence-corrected chi connectivity index (χ0v) is 12.3. The lowest BCUT2D eigenvalue weighted by Crippen LogP contribution is -2.32. The minimum atomic E-state index is -0.137. The van der Waals surface area contributed by atoms with Gasteiger partial charge < -0.3 is 10.2 Å². The molecule has 108 valence electrons. The second-order valence-corrected chi connectivity index (χ2v) is 6.52. The van der Waals surface area contributed by atoms with Crippen molar-refractivity contribution in [2.75, 3.05) is 16.8 Å². The number of hydrogen-bond donors (Lipinski definition) is 1. The number of para-hydroxylation sites is 2. The topological polar surface area (TPSA) is 58.1 Å². The Morgan fingerprint density at radius 2 is 2.24 bits per heavy atom. The van der Waals surface area contributed by atoms with Crippen LogP contribution in [0.4, 0.5) is 11.4 Å². The maximum absolute atomic E-state index is 12.2. The number of aromatic nitrogens is 2. The van der Waals surface area contributed by atoms with Crippen molar-refractivity contribution in [1.29, 1.82) is 0 Å². The molecule has 2 fully saturated rings. The Morgan fingerprint density at radius 3 is 2.95 bits per heavy atom. The van der Waals surface area contributed by atoms with Gasteiger partial charge in [0.1, 0.15) is 4.88 Å². The lowest BCUT2D eigenvalue weighted by molar-refractivity contribution is 0.103. The number of fused-ring (bicyclic) bond motifs is 2. The van der Waals surface area contributed by atoms with Gasteiger partial charge in [0, 0.05) is 12.6 Å². The predicted molar refractivity (Wildman–Crippen MR) is 82.8 cm³/mol.